The van der Waals surface area contributed by atoms with E-state index >= 15 is 0 Å². The van der Waals surface area contributed by atoms with Gasteiger partial charge < -0.3 is 21.1 Å². The molecule has 2 aliphatic rings. The van der Waals surface area contributed by atoms with Crippen molar-refractivity contribution in [3.8, 4) is 11.1 Å². The van der Waals surface area contributed by atoms with Crippen LogP contribution in [0, 0.1) is 5.92 Å². The summed E-state index contributed by atoms with van der Waals surface area (Å²) in [6, 6.07) is 12.1. The van der Waals surface area contributed by atoms with Crippen LogP contribution in [0.3, 0.4) is 0 Å². The molecule has 5 rings (SSSR count). The molecule has 2 fully saturated rings. The van der Waals surface area contributed by atoms with Crippen LogP contribution in [0.25, 0.3) is 11.1 Å². The van der Waals surface area contributed by atoms with Crippen LogP contribution in [0.2, 0.25) is 0 Å². The van der Waals surface area contributed by atoms with E-state index < -0.39 is 5.97 Å². The van der Waals surface area contributed by atoms with Crippen LogP contribution < -0.4 is 11.1 Å². The highest BCUT2D eigenvalue weighted by Gasteiger charge is 2.33. The molecule has 0 unspecified atom stereocenters. The number of nitrogens with zero attached hydrogens (tertiary/aromatic N) is 6. The average molecular weight is 545 g/mol. The Kier molecular flexibility index (Phi) is 8.94. The molecule has 0 bridgehead atoms. The topological polar surface area (TPSA) is 141 Å². The van der Waals surface area contributed by atoms with Crippen molar-refractivity contribution >= 4 is 23.4 Å². The Morgan fingerprint density at radius 2 is 1.75 bits per heavy atom. The van der Waals surface area contributed by atoms with E-state index in [-0.39, 0.29) is 18.4 Å². The van der Waals surface area contributed by atoms with Gasteiger partial charge in [0.15, 0.2) is 0 Å². The lowest BCUT2D eigenvalue weighted by Gasteiger charge is -2.33. The zero-order chi connectivity index (χ0) is 27.9. The molecule has 210 valence electrons. The summed E-state index contributed by atoms with van der Waals surface area (Å²) in [7, 11) is 0. The van der Waals surface area contributed by atoms with Crippen molar-refractivity contribution in [3.05, 3.63) is 66.4 Å². The lowest BCUT2D eigenvalue weighted by atomic mass is 10.1. The molecule has 40 heavy (non-hydrogen) atoms. The van der Waals surface area contributed by atoms with Crippen molar-refractivity contribution in [2.45, 2.75) is 25.9 Å². The Hall–Kier alpha value is -3.93. The summed E-state index contributed by atoms with van der Waals surface area (Å²) in [5.41, 5.74) is 9.64. The van der Waals surface area contributed by atoms with Gasteiger partial charge >= 0.3 is 5.97 Å². The second-order valence-electron chi connectivity index (χ2n) is 10.4. The van der Waals surface area contributed by atoms with Gasteiger partial charge in [0.2, 0.25) is 5.91 Å². The maximum absolute atomic E-state index is 12.5. The number of piperazine rings is 1. The monoisotopic (exact) mass is 544 g/mol. The third-order valence-electron chi connectivity index (χ3n) is 7.20. The molecule has 0 radical (unpaired) electrons. The summed E-state index contributed by atoms with van der Waals surface area (Å²) in [5, 5.41) is 12.4. The van der Waals surface area contributed by atoms with Gasteiger partial charge in [-0.2, -0.15) is 0 Å². The highest BCUT2D eigenvalue weighted by molar-refractivity contribution is 5.81. The van der Waals surface area contributed by atoms with E-state index in [1.54, 1.807) is 23.5 Å². The number of aromatic nitrogens is 3. The minimum absolute atomic E-state index is 0.102. The van der Waals surface area contributed by atoms with Gasteiger partial charge in [-0.25, -0.2) is 15.0 Å². The van der Waals surface area contributed by atoms with Crippen LogP contribution in [0.1, 0.15) is 24.2 Å². The van der Waals surface area contributed by atoms with Crippen LogP contribution in [0.4, 0.5) is 11.5 Å². The lowest BCUT2D eigenvalue weighted by molar-refractivity contribution is -0.138. The predicted molar refractivity (Wildman–Crippen MR) is 152 cm³/mol. The number of rotatable bonds is 12. The first-order chi connectivity index (χ1) is 19.5. The van der Waals surface area contributed by atoms with Crippen molar-refractivity contribution < 1.29 is 14.7 Å². The second kappa shape index (κ2) is 12.9. The number of carbonyl (C=O) groups excluding carboxylic acids is 1. The van der Waals surface area contributed by atoms with Crippen LogP contribution >= 0.6 is 0 Å². The van der Waals surface area contributed by atoms with Gasteiger partial charge in [-0.3, -0.25) is 19.4 Å². The number of anilines is 2. The third-order valence-corrected chi connectivity index (χ3v) is 7.20. The van der Waals surface area contributed by atoms with Gasteiger partial charge in [-0.15, -0.1) is 0 Å². The fourth-order valence-electron chi connectivity index (χ4n) is 4.90. The number of hydrogen-bond acceptors (Lipinski definition) is 9. The molecule has 11 nitrogen and oxygen atoms in total. The smallest absolute Gasteiger partial charge is 0.317 e. The molecule has 1 aromatic carbocycles. The minimum atomic E-state index is -0.777. The second-order valence-corrected chi connectivity index (χ2v) is 10.4. The molecule has 11 heteroatoms. The molecular formula is C29H36N8O3. The van der Waals surface area contributed by atoms with E-state index in [2.05, 4.69) is 37.3 Å². The highest BCUT2D eigenvalue weighted by Crippen LogP contribution is 2.31. The normalized spacial score (nSPS) is 16.0. The van der Waals surface area contributed by atoms with Gasteiger partial charge in [0, 0.05) is 81.6 Å². The van der Waals surface area contributed by atoms with Gasteiger partial charge in [0.1, 0.15) is 11.6 Å². The number of carboxylic acids is 1. The fraction of sp³-hybridized carbons (Fsp3) is 0.414. The summed E-state index contributed by atoms with van der Waals surface area (Å²) >= 11 is 0. The molecule has 1 saturated carbocycles. The number of pyridine rings is 1. The van der Waals surface area contributed by atoms with Gasteiger partial charge in [0.25, 0.3) is 0 Å². The number of hydrogen-bond donors (Lipinski definition) is 3. The molecule has 4 N–H and O–H groups in total. The van der Waals surface area contributed by atoms with Gasteiger partial charge in [0.05, 0.1) is 13.1 Å². The average Bonchev–Trinajstić information content (AvgIpc) is 3.80. The standard InChI is InChI=1S/C29H36N8O3/c30-7-9-37(29(40)22-4-5-22)19-27-32-16-24(17-33-27)23-6-8-31-26(15-23)34-25-3-1-2-21(14-25)18-35-10-12-36(13-11-35)20-28(38)39/h1-3,6,8,14-17,22H,4-5,7,9-13,18-20,30H2,(H,31,34)(H,38,39). The number of aliphatic carboxylic acids is 1. The summed E-state index contributed by atoms with van der Waals surface area (Å²) in [5.74, 6) is 0.811. The molecule has 3 heterocycles. The largest absolute Gasteiger partial charge is 0.480 e. The summed E-state index contributed by atoms with van der Waals surface area (Å²) in [4.78, 5) is 43.1. The summed E-state index contributed by atoms with van der Waals surface area (Å²) in [6.45, 7) is 5.40. The number of amides is 1. The number of carbonyl (C=O) groups is 2. The third kappa shape index (κ3) is 7.59. The zero-order valence-electron chi connectivity index (χ0n) is 22.6. The molecule has 1 aliphatic carbocycles. The first-order valence-corrected chi connectivity index (χ1v) is 13.8. The highest BCUT2D eigenvalue weighted by atomic mass is 16.4. The molecule has 2 aromatic heterocycles. The van der Waals surface area contributed by atoms with Gasteiger partial charge in [-0.1, -0.05) is 12.1 Å². The van der Waals surface area contributed by atoms with E-state index in [1.165, 1.54) is 5.56 Å². The molecule has 0 spiro atoms. The van der Waals surface area contributed by atoms with Crippen LogP contribution in [0.5, 0.6) is 0 Å². The quantitative estimate of drug-likeness (QED) is 0.311. The molecule has 1 saturated heterocycles. The Bertz CT molecular complexity index is 1310. The van der Waals surface area contributed by atoms with Crippen molar-refractivity contribution in [3.63, 3.8) is 0 Å². The molecule has 1 amide bonds. The summed E-state index contributed by atoms with van der Waals surface area (Å²) < 4.78 is 0. The number of carboxylic acid groups (broad SMARTS) is 1. The number of benzene rings is 1. The van der Waals surface area contributed by atoms with E-state index in [0.717, 1.165) is 62.4 Å². The SMILES string of the molecule is NCCN(Cc1ncc(-c2ccnc(Nc3cccc(CN4CCN(CC(=O)O)CC4)c3)c2)cn1)C(=O)C1CC1. The summed E-state index contributed by atoms with van der Waals surface area (Å²) in [6.07, 6.45) is 7.22. The Morgan fingerprint density at radius 3 is 2.45 bits per heavy atom. The maximum Gasteiger partial charge on any atom is 0.317 e. The number of nitrogens with one attached hydrogen (secondary N) is 1. The van der Waals surface area contributed by atoms with Crippen LogP contribution in [0.15, 0.2) is 55.0 Å². The van der Waals surface area contributed by atoms with E-state index in [9.17, 15) is 9.59 Å². The van der Waals surface area contributed by atoms with Crippen molar-refractivity contribution in [2.75, 3.05) is 51.1 Å². The Balaban J connectivity index is 1.18. The molecule has 0 atom stereocenters. The van der Waals surface area contributed by atoms with Crippen molar-refractivity contribution in [1.82, 2.24) is 29.7 Å². The molecular weight excluding hydrogens is 508 g/mol. The Labute approximate surface area is 234 Å². The zero-order valence-corrected chi connectivity index (χ0v) is 22.6. The molecule has 3 aromatic rings. The fourth-order valence-corrected chi connectivity index (χ4v) is 4.90. The minimum Gasteiger partial charge on any atom is -0.480 e. The van der Waals surface area contributed by atoms with Gasteiger partial charge in [-0.05, 0) is 48.2 Å². The van der Waals surface area contributed by atoms with Crippen molar-refractivity contribution in [1.29, 1.82) is 0 Å². The van der Waals surface area contributed by atoms with E-state index in [4.69, 9.17) is 10.8 Å². The van der Waals surface area contributed by atoms with Crippen LogP contribution in [-0.4, -0.2) is 92.4 Å². The lowest BCUT2D eigenvalue weighted by Crippen LogP contribution is -2.47. The van der Waals surface area contributed by atoms with E-state index in [0.29, 0.717) is 31.3 Å². The van der Waals surface area contributed by atoms with Crippen molar-refractivity contribution in [2.24, 2.45) is 11.7 Å². The maximum atomic E-state index is 12.5. The first-order valence-electron chi connectivity index (χ1n) is 13.8. The first kappa shape index (κ1) is 27.6. The van der Waals surface area contributed by atoms with E-state index in [1.807, 2.05) is 29.2 Å². The predicted octanol–water partition coefficient (Wildman–Crippen LogP) is 2.18. The Morgan fingerprint density at radius 1 is 1.00 bits per heavy atom. The molecule has 1 aliphatic heterocycles. The number of nitrogens with two attached hydrogens (primary N) is 1. The van der Waals surface area contributed by atoms with Crippen LogP contribution in [-0.2, 0) is 22.7 Å².